The molecular weight excluding hydrogens is 215 g/mol. The highest BCUT2D eigenvalue weighted by atomic mass is 35.5. The van der Waals surface area contributed by atoms with Gasteiger partial charge in [0.25, 0.3) is 0 Å². The van der Waals surface area contributed by atoms with E-state index in [0.29, 0.717) is 10.7 Å². The summed E-state index contributed by atoms with van der Waals surface area (Å²) >= 11 is 5.70. The number of hydrogen-bond donors (Lipinski definition) is 1. The summed E-state index contributed by atoms with van der Waals surface area (Å²) < 4.78 is 35.6. The van der Waals surface area contributed by atoms with Crippen LogP contribution in [0.1, 0.15) is 5.56 Å². The van der Waals surface area contributed by atoms with Crippen molar-refractivity contribution < 1.29 is 13.2 Å². The van der Waals surface area contributed by atoms with Gasteiger partial charge in [-0.1, -0.05) is 17.7 Å². The van der Waals surface area contributed by atoms with Gasteiger partial charge in [-0.2, -0.15) is 13.2 Å². The first-order valence-electron chi connectivity index (χ1n) is 3.95. The maximum absolute atomic E-state index is 11.9. The molecule has 1 nitrogen and oxygen atoms in total. The molecule has 0 heterocycles. The zero-order valence-corrected chi connectivity index (χ0v) is 8.21. The van der Waals surface area contributed by atoms with E-state index in [1.807, 2.05) is 0 Å². The summed E-state index contributed by atoms with van der Waals surface area (Å²) in [4.78, 5) is 0. The van der Waals surface area contributed by atoms with E-state index in [9.17, 15) is 13.2 Å². The minimum absolute atomic E-state index is 0.292. The molecule has 0 bridgehead atoms. The summed E-state index contributed by atoms with van der Waals surface area (Å²) in [5, 5.41) is 2.53. The Morgan fingerprint density at radius 1 is 1.36 bits per heavy atom. The summed E-state index contributed by atoms with van der Waals surface area (Å²) in [6.45, 7) is 0.714. The fourth-order valence-electron chi connectivity index (χ4n) is 0.970. The molecule has 0 aliphatic rings. The Kier molecular flexibility index (Phi) is 3.26. The van der Waals surface area contributed by atoms with Crippen LogP contribution in [0, 0.1) is 6.92 Å². The lowest BCUT2D eigenvalue weighted by Gasteiger charge is -2.11. The average molecular weight is 224 g/mol. The highest BCUT2D eigenvalue weighted by molar-refractivity contribution is 6.33. The van der Waals surface area contributed by atoms with Crippen LogP contribution in [0.3, 0.4) is 0 Å². The Morgan fingerprint density at radius 2 is 2.00 bits per heavy atom. The highest BCUT2D eigenvalue weighted by Crippen LogP contribution is 2.24. The lowest BCUT2D eigenvalue weighted by molar-refractivity contribution is -0.115. The first-order chi connectivity index (χ1) is 6.38. The second kappa shape index (κ2) is 4.09. The average Bonchev–Trinajstić information content (AvgIpc) is 2.05. The Bertz CT molecular complexity index is 322. The topological polar surface area (TPSA) is 12.0 Å². The van der Waals surface area contributed by atoms with E-state index < -0.39 is 12.7 Å². The van der Waals surface area contributed by atoms with Crippen LogP contribution >= 0.6 is 11.6 Å². The molecule has 0 amide bonds. The standard InChI is InChI=1S/C9H9ClF3N/c1-6-2-3-7(10)8(4-6)14-5-9(11,12)13/h2-4,14H,5H2,1H3. The largest absolute Gasteiger partial charge is 0.405 e. The molecule has 0 unspecified atom stereocenters. The Labute approximate surface area is 84.9 Å². The van der Waals surface area contributed by atoms with Gasteiger partial charge in [-0.15, -0.1) is 0 Å². The van der Waals surface area contributed by atoms with Crippen molar-refractivity contribution in [3.63, 3.8) is 0 Å². The predicted molar refractivity (Wildman–Crippen MR) is 50.7 cm³/mol. The molecule has 78 valence electrons. The first kappa shape index (κ1) is 11.2. The van der Waals surface area contributed by atoms with Crippen molar-refractivity contribution in [3.05, 3.63) is 28.8 Å². The van der Waals surface area contributed by atoms with Crippen molar-refractivity contribution in [1.82, 2.24) is 0 Å². The van der Waals surface area contributed by atoms with Gasteiger partial charge in [0.15, 0.2) is 0 Å². The second-order valence-electron chi connectivity index (χ2n) is 2.95. The molecule has 0 fully saturated rings. The van der Waals surface area contributed by atoms with E-state index in [2.05, 4.69) is 5.32 Å². The molecule has 1 aromatic rings. The summed E-state index contributed by atoms with van der Waals surface area (Å²) in [7, 11) is 0. The lowest BCUT2D eigenvalue weighted by atomic mass is 10.2. The van der Waals surface area contributed by atoms with Crippen molar-refractivity contribution in [2.75, 3.05) is 11.9 Å². The summed E-state index contributed by atoms with van der Waals surface area (Å²) in [5.74, 6) is 0. The molecule has 0 spiro atoms. The van der Waals surface area contributed by atoms with Gasteiger partial charge in [-0.05, 0) is 24.6 Å². The van der Waals surface area contributed by atoms with Crippen LogP contribution in [0.2, 0.25) is 5.02 Å². The van der Waals surface area contributed by atoms with Gasteiger partial charge in [0.2, 0.25) is 0 Å². The zero-order chi connectivity index (χ0) is 10.8. The van der Waals surface area contributed by atoms with Crippen molar-refractivity contribution >= 4 is 17.3 Å². The molecule has 0 saturated carbocycles. The number of benzene rings is 1. The molecule has 0 atom stereocenters. The van der Waals surface area contributed by atoms with Gasteiger partial charge in [0, 0.05) is 0 Å². The number of hydrogen-bond acceptors (Lipinski definition) is 1. The number of aryl methyl sites for hydroxylation is 1. The number of nitrogens with one attached hydrogen (secondary N) is 1. The van der Waals surface area contributed by atoms with E-state index in [-0.39, 0.29) is 0 Å². The number of halogens is 4. The van der Waals surface area contributed by atoms with Gasteiger partial charge < -0.3 is 5.32 Å². The fraction of sp³-hybridized carbons (Fsp3) is 0.333. The molecule has 14 heavy (non-hydrogen) atoms. The smallest absolute Gasteiger partial charge is 0.375 e. The van der Waals surface area contributed by atoms with Crippen LogP contribution in [0.15, 0.2) is 18.2 Å². The second-order valence-corrected chi connectivity index (χ2v) is 3.36. The Hall–Kier alpha value is -0.900. The third-order valence-corrected chi connectivity index (χ3v) is 1.93. The zero-order valence-electron chi connectivity index (χ0n) is 7.45. The fourth-order valence-corrected chi connectivity index (χ4v) is 1.15. The molecule has 0 aromatic heterocycles. The molecule has 0 aliphatic carbocycles. The SMILES string of the molecule is Cc1ccc(Cl)c(NCC(F)(F)F)c1. The van der Waals surface area contributed by atoms with Crippen LogP contribution in [-0.4, -0.2) is 12.7 Å². The third-order valence-electron chi connectivity index (χ3n) is 1.60. The summed E-state index contributed by atoms with van der Waals surface area (Å²) in [6.07, 6.45) is -4.23. The number of rotatable bonds is 2. The van der Waals surface area contributed by atoms with Crippen LogP contribution in [0.5, 0.6) is 0 Å². The van der Waals surface area contributed by atoms with Gasteiger partial charge in [0.1, 0.15) is 6.54 Å². The third kappa shape index (κ3) is 3.46. The van der Waals surface area contributed by atoms with E-state index in [4.69, 9.17) is 11.6 Å². The van der Waals surface area contributed by atoms with Crippen molar-refractivity contribution in [1.29, 1.82) is 0 Å². The highest BCUT2D eigenvalue weighted by Gasteiger charge is 2.26. The van der Waals surface area contributed by atoms with Crippen LogP contribution < -0.4 is 5.32 Å². The molecule has 5 heteroatoms. The Morgan fingerprint density at radius 3 is 2.57 bits per heavy atom. The molecular formula is C9H9ClF3N. The number of anilines is 1. The van der Waals surface area contributed by atoms with E-state index in [1.54, 1.807) is 25.1 Å². The van der Waals surface area contributed by atoms with Crippen LogP contribution in [0.25, 0.3) is 0 Å². The minimum atomic E-state index is -4.23. The van der Waals surface area contributed by atoms with E-state index in [0.717, 1.165) is 5.56 Å². The molecule has 0 radical (unpaired) electrons. The molecule has 1 rings (SSSR count). The minimum Gasteiger partial charge on any atom is -0.375 e. The van der Waals surface area contributed by atoms with Crippen molar-refractivity contribution in [2.24, 2.45) is 0 Å². The maximum Gasteiger partial charge on any atom is 0.405 e. The molecule has 1 N–H and O–H groups in total. The van der Waals surface area contributed by atoms with Gasteiger partial charge in [-0.3, -0.25) is 0 Å². The molecule has 1 aromatic carbocycles. The first-order valence-corrected chi connectivity index (χ1v) is 4.33. The van der Waals surface area contributed by atoms with Gasteiger partial charge >= 0.3 is 6.18 Å². The van der Waals surface area contributed by atoms with Crippen molar-refractivity contribution in [3.8, 4) is 0 Å². The number of alkyl halides is 3. The quantitative estimate of drug-likeness (QED) is 0.808. The van der Waals surface area contributed by atoms with E-state index in [1.165, 1.54) is 0 Å². The molecule has 0 saturated heterocycles. The summed E-state index contributed by atoms with van der Waals surface area (Å²) in [5.41, 5.74) is 1.17. The van der Waals surface area contributed by atoms with Crippen LogP contribution in [0.4, 0.5) is 18.9 Å². The lowest BCUT2D eigenvalue weighted by Crippen LogP contribution is -2.21. The maximum atomic E-state index is 11.9. The Balaban J connectivity index is 2.72. The monoisotopic (exact) mass is 223 g/mol. The predicted octanol–water partition coefficient (Wildman–Crippen LogP) is 3.62. The van der Waals surface area contributed by atoms with Gasteiger partial charge in [0.05, 0.1) is 10.7 Å². The van der Waals surface area contributed by atoms with Crippen LogP contribution in [-0.2, 0) is 0 Å². The van der Waals surface area contributed by atoms with Crippen molar-refractivity contribution in [2.45, 2.75) is 13.1 Å². The normalized spacial score (nSPS) is 11.5. The van der Waals surface area contributed by atoms with Gasteiger partial charge in [-0.25, -0.2) is 0 Å². The summed E-state index contributed by atoms with van der Waals surface area (Å²) in [6, 6.07) is 4.88. The molecule has 0 aliphatic heterocycles. The van der Waals surface area contributed by atoms with E-state index >= 15 is 0 Å².